The molecule has 0 aromatic heterocycles. The summed E-state index contributed by atoms with van der Waals surface area (Å²) in [7, 11) is 0. The highest BCUT2D eigenvalue weighted by Crippen LogP contribution is 1.95. The normalized spacial score (nSPS) is 11.4. The van der Waals surface area contributed by atoms with Crippen LogP contribution in [-0.4, -0.2) is 30.4 Å². The molecular formula is C10H19N5O2. The fourth-order valence-corrected chi connectivity index (χ4v) is 0.987. The molecule has 0 aliphatic carbocycles. The lowest BCUT2D eigenvalue weighted by molar-refractivity contribution is -0.129. The molecule has 7 heteroatoms. The Kier molecular flexibility index (Phi) is 6.57. The maximum atomic E-state index is 11.4. The van der Waals surface area contributed by atoms with E-state index in [4.69, 9.17) is 16.9 Å². The van der Waals surface area contributed by atoms with Gasteiger partial charge in [-0.1, -0.05) is 6.58 Å². The molecule has 0 fully saturated rings. The number of nitrogens with one attached hydrogen (secondary N) is 3. The summed E-state index contributed by atoms with van der Waals surface area (Å²) >= 11 is 0. The molecule has 96 valence electrons. The van der Waals surface area contributed by atoms with Gasteiger partial charge in [0.2, 0.25) is 5.91 Å². The molecule has 0 spiro atoms. The maximum absolute atomic E-state index is 11.4. The van der Waals surface area contributed by atoms with Crippen LogP contribution in [0.2, 0.25) is 0 Å². The van der Waals surface area contributed by atoms with E-state index in [0.717, 1.165) is 0 Å². The number of hydrogen-bond donors (Lipinski definition) is 5. The maximum Gasteiger partial charge on any atom is 0.252 e. The monoisotopic (exact) mass is 241 g/mol. The van der Waals surface area contributed by atoms with Crippen LogP contribution in [0, 0.1) is 5.41 Å². The molecule has 0 aliphatic rings. The zero-order valence-electron chi connectivity index (χ0n) is 9.88. The highest BCUT2D eigenvalue weighted by Gasteiger charge is 2.15. The number of hydrogen-bond acceptors (Lipinski definition) is 4. The number of rotatable bonds is 6. The first kappa shape index (κ1) is 15.1. The average Bonchev–Trinajstić information content (AvgIpc) is 2.23. The molecule has 7 nitrogen and oxygen atoms in total. The Morgan fingerprint density at radius 2 is 2.06 bits per heavy atom. The summed E-state index contributed by atoms with van der Waals surface area (Å²) in [6, 6.07) is -0.757. The Balaban J connectivity index is 3.86. The van der Waals surface area contributed by atoms with Crippen LogP contribution in [0.15, 0.2) is 12.2 Å². The van der Waals surface area contributed by atoms with Crippen LogP contribution in [-0.2, 0) is 9.59 Å². The van der Waals surface area contributed by atoms with E-state index in [1.165, 1.54) is 6.92 Å². The molecule has 7 N–H and O–H groups in total. The van der Waals surface area contributed by atoms with Gasteiger partial charge in [-0.05, 0) is 19.8 Å². The van der Waals surface area contributed by atoms with Crippen molar-refractivity contribution in [1.29, 1.82) is 5.41 Å². The minimum absolute atomic E-state index is 0.125. The van der Waals surface area contributed by atoms with Crippen LogP contribution in [0.5, 0.6) is 0 Å². The van der Waals surface area contributed by atoms with Crippen LogP contribution in [0.3, 0.4) is 0 Å². The number of carbonyl (C=O) groups excluding carboxylic acids is 2. The van der Waals surface area contributed by atoms with Crippen molar-refractivity contribution in [3.05, 3.63) is 12.2 Å². The summed E-state index contributed by atoms with van der Waals surface area (Å²) < 4.78 is 0. The van der Waals surface area contributed by atoms with E-state index < -0.39 is 17.9 Å². The summed E-state index contributed by atoms with van der Waals surface area (Å²) in [6.45, 7) is 5.38. The lowest BCUT2D eigenvalue weighted by atomic mass is 10.1. The highest BCUT2D eigenvalue weighted by atomic mass is 16.2. The van der Waals surface area contributed by atoms with Gasteiger partial charge in [0.25, 0.3) is 5.91 Å². The Hall–Kier alpha value is -1.89. The first-order chi connectivity index (χ1) is 7.84. The molecule has 0 bridgehead atoms. The van der Waals surface area contributed by atoms with Crippen molar-refractivity contribution in [3.63, 3.8) is 0 Å². The largest absolute Gasteiger partial charge is 0.370 e. The van der Waals surface area contributed by atoms with Crippen LogP contribution in [0.4, 0.5) is 0 Å². The molecule has 0 radical (unpaired) electrons. The van der Waals surface area contributed by atoms with Gasteiger partial charge in [-0.25, -0.2) is 0 Å². The van der Waals surface area contributed by atoms with Crippen molar-refractivity contribution < 1.29 is 9.59 Å². The second-order valence-electron chi connectivity index (χ2n) is 3.69. The Bertz CT molecular complexity index is 327. The van der Waals surface area contributed by atoms with E-state index in [9.17, 15) is 9.59 Å². The zero-order valence-corrected chi connectivity index (χ0v) is 9.88. The highest BCUT2D eigenvalue weighted by molar-refractivity contribution is 6.04. The van der Waals surface area contributed by atoms with E-state index in [-0.39, 0.29) is 11.5 Å². The van der Waals surface area contributed by atoms with Crippen molar-refractivity contribution >= 4 is 17.8 Å². The molecule has 0 saturated carbocycles. The fourth-order valence-electron chi connectivity index (χ4n) is 0.987. The summed E-state index contributed by atoms with van der Waals surface area (Å²) in [5.41, 5.74) is 10.9. The third-order valence-electron chi connectivity index (χ3n) is 1.97. The van der Waals surface area contributed by atoms with Gasteiger partial charge in [0.15, 0.2) is 5.96 Å². The van der Waals surface area contributed by atoms with Crippen LogP contribution < -0.4 is 22.1 Å². The van der Waals surface area contributed by atoms with Gasteiger partial charge in [0, 0.05) is 12.1 Å². The van der Waals surface area contributed by atoms with Gasteiger partial charge >= 0.3 is 0 Å². The van der Waals surface area contributed by atoms with Crippen molar-refractivity contribution in [2.45, 2.75) is 25.8 Å². The van der Waals surface area contributed by atoms with Crippen molar-refractivity contribution in [1.82, 2.24) is 10.6 Å². The molecule has 1 atom stereocenters. The van der Waals surface area contributed by atoms with E-state index >= 15 is 0 Å². The summed E-state index contributed by atoms with van der Waals surface area (Å²) in [4.78, 5) is 22.5. The molecule has 17 heavy (non-hydrogen) atoms. The molecule has 0 aromatic carbocycles. The predicted molar refractivity (Wildman–Crippen MR) is 65.1 cm³/mol. The van der Waals surface area contributed by atoms with Gasteiger partial charge in [-0.15, -0.1) is 0 Å². The van der Waals surface area contributed by atoms with Gasteiger partial charge in [0.1, 0.15) is 0 Å². The van der Waals surface area contributed by atoms with Crippen molar-refractivity contribution in [2.24, 2.45) is 11.5 Å². The Labute approximate surface area is 100 Å². The minimum Gasteiger partial charge on any atom is -0.370 e. The number of amides is 2. The molecule has 0 unspecified atom stereocenters. The first-order valence-electron chi connectivity index (χ1n) is 5.18. The quantitative estimate of drug-likeness (QED) is 0.172. The molecule has 0 rings (SSSR count). The SMILES string of the molecule is C=C(C)C(=O)NC(=O)[C@@H](N)CCCNC(=N)N. The molecule has 0 saturated heterocycles. The van der Waals surface area contributed by atoms with E-state index in [1.807, 2.05) is 0 Å². The minimum atomic E-state index is -0.757. The zero-order chi connectivity index (χ0) is 13.4. The number of guanidine groups is 1. The summed E-state index contributed by atoms with van der Waals surface area (Å²) in [6.07, 6.45) is 0.977. The van der Waals surface area contributed by atoms with Crippen molar-refractivity contribution in [2.75, 3.05) is 6.54 Å². The molecule has 0 heterocycles. The van der Waals surface area contributed by atoms with E-state index in [2.05, 4.69) is 17.2 Å². The number of nitrogens with two attached hydrogens (primary N) is 2. The van der Waals surface area contributed by atoms with E-state index in [1.54, 1.807) is 0 Å². The first-order valence-corrected chi connectivity index (χ1v) is 5.18. The molecular weight excluding hydrogens is 222 g/mol. The third-order valence-corrected chi connectivity index (χ3v) is 1.97. The second kappa shape index (κ2) is 7.39. The molecule has 0 aromatic rings. The van der Waals surface area contributed by atoms with Crippen molar-refractivity contribution in [3.8, 4) is 0 Å². The lowest BCUT2D eigenvalue weighted by Crippen LogP contribution is -2.44. The van der Waals surface area contributed by atoms with Gasteiger partial charge < -0.3 is 16.8 Å². The molecule has 2 amide bonds. The predicted octanol–water partition coefficient (Wildman–Crippen LogP) is -1.20. The van der Waals surface area contributed by atoms with E-state index in [0.29, 0.717) is 19.4 Å². The Morgan fingerprint density at radius 3 is 2.53 bits per heavy atom. The smallest absolute Gasteiger partial charge is 0.252 e. The topological polar surface area (TPSA) is 134 Å². The fraction of sp³-hybridized carbons (Fsp3) is 0.500. The second-order valence-corrected chi connectivity index (χ2v) is 3.69. The Morgan fingerprint density at radius 1 is 1.47 bits per heavy atom. The van der Waals surface area contributed by atoms with Crippen LogP contribution in [0.1, 0.15) is 19.8 Å². The van der Waals surface area contributed by atoms with Crippen LogP contribution >= 0.6 is 0 Å². The summed E-state index contributed by atoms with van der Waals surface area (Å²) in [5.74, 6) is -1.17. The van der Waals surface area contributed by atoms with Crippen LogP contribution in [0.25, 0.3) is 0 Å². The number of imide groups is 1. The number of carbonyl (C=O) groups is 2. The average molecular weight is 241 g/mol. The van der Waals surface area contributed by atoms with Gasteiger partial charge in [-0.3, -0.25) is 20.3 Å². The lowest BCUT2D eigenvalue weighted by Gasteiger charge is -2.11. The summed E-state index contributed by atoms with van der Waals surface area (Å²) in [5, 5.41) is 11.6. The van der Waals surface area contributed by atoms with Gasteiger partial charge in [0.05, 0.1) is 6.04 Å². The molecule has 0 aliphatic heterocycles. The van der Waals surface area contributed by atoms with Gasteiger partial charge in [-0.2, -0.15) is 0 Å². The standard InChI is InChI=1S/C10H19N5O2/c1-6(2)8(16)15-9(17)7(11)4-3-5-14-10(12)13/h7H,1,3-5,11H2,2H3,(H4,12,13,14)(H,15,16,17)/t7-/m0/s1. The third kappa shape index (κ3) is 7.07.